The molecule has 0 amide bonds. The van der Waals surface area contributed by atoms with E-state index in [1.165, 1.54) is 6.07 Å². The molecule has 2 rings (SSSR count). The van der Waals surface area contributed by atoms with Crippen LogP contribution in [0.4, 0.5) is 0 Å². The highest BCUT2D eigenvalue weighted by Gasteiger charge is 2.24. The maximum absolute atomic E-state index is 12.0. The van der Waals surface area contributed by atoms with Gasteiger partial charge in [0.05, 0.1) is 18.8 Å². The topological polar surface area (TPSA) is 91.5 Å². The number of pyridine rings is 1. The lowest BCUT2D eigenvalue weighted by atomic mass is 10.2. The van der Waals surface area contributed by atoms with Crippen LogP contribution in [0.25, 0.3) is 11.2 Å². The molecule has 21 heavy (non-hydrogen) atoms. The number of hydrogen-bond donors (Lipinski definition) is 0. The van der Waals surface area contributed by atoms with Gasteiger partial charge in [0.15, 0.2) is 11.6 Å². The van der Waals surface area contributed by atoms with E-state index in [1.54, 1.807) is 13.8 Å². The van der Waals surface area contributed by atoms with Crippen molar-refractivity contribution < 1.29 is 23.5 Å². The first-order valence-electron chi connectivity index (χ1n) is 6.75. The number of aromatic nitrogens is 2. The van der Waals surface area contributed by atoms with Gasteiger partial charge >= 0.3 is 11.9 Å². The lowest BCUT2D eigenvalue weighted by molar-refractivity contribution is 0.0473. The number of oxazole rings is 1. The number of fused-ring (bicyclic) bond motifs is 1. The standard InChI is InChI=1S/C14H16N2O5/c1-4-10-15-9-7-8(13(17)19-5-2)11(14(18)20-6-3)16-12(9)21-10/h7H,4-6H2,1-3H3. The highest BCUT2D eigenvalue weighted by atomic mass is 16.5. The highest BCUT2D eigenvalue weighted by molar-refractivity contribution is 6.03. The molecule has 7 nitrogen and oxygen atoms in total. The molecule has 0 aliphatic carbocycles. The summed E-state index contributed by atoms with van der Waals surface area (Å²) in [6.07, 6.45) is 0.583. The maximum Gasteiger partial charge on any atom is 0.357 e. The van der Waals surface area contributed by atoms with Gasteiger partial charge in [-0.15, -0.1) is 0 Å². The van der Waals surface area contributed by atoms with Crippen molar-refractivity contribution in [1.82, 2.24) is 9.97 Å². The number of carbonyl (C=O) groups excluding carboxylic acids is 2. The summed E-state index contributed by atoms with van der Waals surface area (Å²) in [7, 11) is 0. The predicted molar refractivity (Wildman–Crippen MR) is 73.1 cm³/mol. The van der Waals surface area contributed by atoms with Gasteiger partial charge in [0, 0.05) is 6.42 Å². The van der Waals surface area contributed by atoms with Crippen LogP contribution in [0.3, 0.4) is 0 Å². The number of esters is 2. The summed E-state index contributed by atoms with van der Waals surface area (Å²) in [6, 6.07) is 1.44. The van der Waals surface area contributed by atoms with Gasteiger partial charge in [-0.25, -0.2) is 19.6 Å². The van der Waals surface area contributed by atoms with Crippen molar-refractivity contribution in [3.8, 4) is 0 Å². The number of nitrogens with zero attached hydrogens (tertiary/aromatic N) is 2. The van der Waals surface area contributed by atoms with E-state index in [4.69, 9.17) is 13.9 Å². The smallest absolute Gasteiger partial charge is 0.357 e. The first-order chi connectivity index (χ1) is 10.1. The number of ether oxygens (including phenoxy) is 2. The van der Waals surface area contributed by atoms with Crippen molar-refractivity contribution in [2.45, 2.75) is 27.2 Å². The predicted octanol–water partition coefficient (Wildman–Crippen LogP) is 2.14. The summed E-state index contributed by atoms with van der Waals surface area (Å²) >= 11 is 0. The van der Waals surface area contributed by atoms with Crippen LogP contribution in [-0.4, -0.2) is 35.1 Å². The molecule has 0 fully saturated rings. The third-order valence-electron chi connectivity index (χ3n) is 2.69. The number of hydrogen-bond acceptors (Lipinski definition) is 7. The largest absolute Gasteiger partial charge is 0.462 e. The summed E-state index contributed by atoms with van der Waals surface area (Å²) in [4.78, 5) is 32.2. The van der Waals surface area contributed by atoms with Crippen LogP contribution >= 0.6 is 0 Å². The fourth-order valence-corrected chi connectivity index (χ4v) is 1.78. The Morgan fingerprint density at radius 1 is 1.10 bits per heavy atom. The average molecular weight is 292 g/mol. The zero-order chi connectivity index (χ0) is 15.4. The van der Waals surface area contributed by atoms with Crippen molar-refractivity contribution in [3.63, 3.8) is 0 Å². The molecule has 0 aliphatic rings. The Labute approximate surface area is 121 Å². The van der Waals surface area contributed by atoms with Gasteiger partial charge in [0.1, 0.15) is 5.52 Å². The third kappa shape index (κ3) is 3.01. The Balaban J connectivity index is 2.57. The van der Waals surface area contributed by atoms with Gasteiger partial charge in [0.2, 0.25) is 5.71 Å². The van der Waals surface area contributed by atoms with Gasteiger partial charge in [-0.3, -0.25) is 0 Å². The van der Waals surface area contributed by atoms with E-state index in [2.05, 4.69) is 9.97 Å². The minimum atomic E-state index is -0.697. The molecule has 0 N–H and O–H groups in total. The van der Waals surface area contributed by atoms with Crippen LogP contribution < -0.4 is 0 Å². The summed E-state index contributed by atoms with van der Waals surface area (Å²) < 4.78 is 15.2. The van der Waals surface area contributed by atoms with E-state index in [0.717, 1.165) is 0 Å². The highest BCUT2D eigenvalue weighted by Crippen LogP contribution is 2.20. The molecule has 0 bridgehead atoms. The number of carbonyl (C=O) groups is 2. The monoisotopic (exact) mass is 292 g/mol. The molecular formula is C14H16N2O5. The first-order valence-corrected chi connectivity index (χ1v) is 6.75. The second kappa shape index (κ2) is 6.34. The first kappa shape index (κ1) is 15.0. The van der Waals surface area contributed by atoms with Crippen molar-refractivity contribution >= 4 is 23.2 Å². The lowest BCUT2D eigenvalue weighted by Gasteiger charge is -2.06. The Kier molecular flexibility index (Phi) is 4.52. The van der Waals surface area contributed by atoms with Gasteiger partial charge in [-0.2, -0.15) is 0 Å². The molecule has 7 heteroatoms. The van der Waals surface area contributed by atoms with Crippen molar-refractivity contribution in [2.75, 3.05) is 13.2 Å². The van der Waals surface area contributed by atoms with E-state index < -0.39 is 11.9 Å². The van der Waals surface area contributed by atoms with Crippen molar-refractivity contribution in [3.05, 3.63) is 23.2 Å². The van der Waals surface area contributed by atoms with Crippen LogP contribution in [0.1, 0.15) is 47.5 Å². The molecule has 0 saturated carbocycles. The van der Waals surface area contributed by atoms with E-state index >= 15 is 0 Å². The van der Waals surface area contributed by atoms with Crippen molar-refractivity contribution in [1.29, 1.82) is 0 Å². The second-order valence-electron chi connectivity index (χ2n) is 4.11. The summed E-state index contributed by atoms with van der Waals surface area (Å²) in [5, 5.41) is 0. The molecule has 0 aromatic carbocycles. The van der Waals surface area contributed by atoms with Crippen LogP contribution in [-0.2, 0) is 15.9 Å². The van der Waals surface area contributed by atoms with Gasteiger partial charge < -0.3 is 13.9 Å². The fraction of sp³-hybridized carbons (Fsp3) is 0.429. The molecule has 0 aliphatic heterocycles. The zero-order valence-corrected chi connectivity index (χ0v) is 12.1. The molecule has 0 saturated heterocycles. The zero-order valence-electron chi connectivity index (χ0n) is 12.1. The summed E-state index contributed by atoms with van der Waals surface area (Å²) in [5.74, 6) is -0.860. The van der Waals surface area contributed by atoms with Crippen LogP contribution in [0.2, 0.25) is 0 Å². The van der Waals surface area contributed by atoms with Crippen LogP contribution in [0.15, 0.2) is 10.5 Å². The second-order valence-corrected chi connectivity index (χ2v) is 4.11. The summed E-state index contributed by atoms with van der Waals surface area (Å²) in [5.41, 5.74) is 0.506. The molecule has 2 aromatic rings. The van der Waals surface area contributed by atoms with E-state index in [-0.39, 0.29) is 30.2 Å². The molecular weight excluding hydrogens is 276 g/mol. The molecule has 2 aromatic heterocycles. The van der Waals surface area contributed by atoms with E-state index in [9.17, 15) is 9.59 Å². The molecule has 0 atom stereocenters. The van der Waals surface area contributed by atoms with Gasteiger partial charge in [-0.1, -0.05) is 6.92 Å². The lowest BCUT2D eigenvalue weighted by Crippen LogP contribution is -2.16. The van der Waals surface area contributed by atoms with Gasteiger partial charge in [-0.05, 0) is 19.9 Å². The Morgan fingerprint density at radius 2 is 1.76 bits per heavy atom. The minimum absolute atomic E-state index is 0.0266. The quantitative estimate of drug-likeness (QED) is 0.779. The molecule has 112 valence electrons. The normalized spacial score (nSPS) is 10.6. The third-order valence-corrected chi connectivity index (χ3v) is 2.69. The molecule has 0 radical (unpaired) electrons. The van der Waals surface area contributed by atoms with Gasteiger partial charge in [0.25, 0.3) is 0 Å². The minimum Gasteiger partial charge on any atom is -0.462 e. The fourth-order valence-electron chi connectivity index (χ4n) is 1.78. The maximum atomic E-state index is 12.0. The van der Waals surface area contributed by atoms with E-state index in [0.29, 0.717) is 17.8 Å². The Morgan fingerprint density at radius 3 is 2.38 bits per heavy atom. The number of rotatable bonds is 5. The van der Waals surface area contributed by atoms with Crippen LogP contribution in [0.5, 0.6) is 0 Å². The SMILES string of the molecule is CCOC(=O)c1cc2nc(CC)oc2nc1C(=O)OCC. The summed E-state index contributed by atoms with van der Waals surface area (Å²) in [6.45, 7) is 5.60. The Hall–Kier alpha value is -2.44. The van der Waals surface area contributed by atoms with Crippen LogP contribution in [0, 0.1) is 0 Å². The average Bonchev–Trinajstić information content (AvgIpc) is 2.88. The Bertz CT molecular complexity index is 622. The number of aryl methyl sites for hydroxylation is 1. The molecule has 0 spiro atoms. The molecule has 0 unspecified atom stereocenters. The van der Waals surface area contributed by atoms with Crippen molar-refractivity contribution in [2.24, 2.45) is 0 Å². The molecule has 2 heterocycles. The van der Waals surface area contributed by atoms with E-state index in [1.807, 2.05) is 6.92 Å².